The normalized spacial score (nSPS) is 20.6. The molecule has 0 radical (unpaired) electrons. The Balaban J connectivity index is 1.14. The van der Waals surface area contributed by atoms with Gasteiger partial charge in [0.15, 0.2) is 0 Å². The van der Waals surface area contributed by atoms with Gasteiger partial charge in [-0.1, -0.05) is 22.9 Å². The van der Waals surface area contributed by atoms with Crippen LogP contribution in [0.4, 0.5) is 29.9 Å². The molecule has 2 saturated heterocycles. The number of rotatable bonds is 8. The summed E-state index contributed by atoms with van der Waals surface area (Å²) in [7, 11) is 0. The molecule has 2 unspecified atom stereocenters. The highest BCUT2D eigenvalue weighted by molar-refractivity contribution is 5.94. The molecular weight excluding hydrogens is 629 g/mol. The van der Waals surface area contributed by atoms with Gasteiger partial charge in [0, 0.05) is 63.5 Å². The number of aromatic nitrogens is 4. The van der Waals surface area contributed by atoms with Crippen LogP contribution in [0.5, 0.6) is 0 Å². The van der Waals surface area contributed by atoms with E-state index in [1.165, 1.54) is 18.5 Å². The fourth-order valence-corrected chi connectivity index (χ4v) is 6.42. The third-order valence-corrected chi connectivity index (χ3v) is 8.85. The number of amides is 2. The summed E-state index contributed by atoms with van der Waals surface area (Å²) in [6.45, 7) is 9.55. The van der Waals surface area contributed by atoms with Gasteiger partial charge in [0.2, 0.25) is 11.8 Å². The number of aryl methyl sites for hydroxylation is 1. The van der Waals surface area contributed by atoms with Crippen LogP contribution in [0.2, 0.25) is 0 Å². The molecule has 48 heavy (non-hydrogen) atoms. The highest BCUT2D eigenvalue weighted by Crippen LogP contribution is 2.35. The van der Waals surface area contributed by atoms with Crippen LogP contribution in [0.15, 0.2) is 35.1 Å². The first-order chi connectivity index (χ1) is 22.7. The number of ether oxygens (including phenoxy) is 1. The van der Waals surface area contributed by atoms with Crippen LogP contribution in [0.25, 0.3) is 0 Å². The quantitative estimate of drug-likeness (QED) is 0.342. The summed E-state index contributed by atoms with van der Waals surface area (Å²) < 4.78 is 52.8. The Morgan fingerprint density at radius 3 is 2.27 bits per heavy atom. The van der Waals surface area contributed by atoms with Crippen molar-refractivity contribution in [2.75, 3.05) is 36.0 Å². The van der Waals surface area contributed by atoms with Gasteiger partial charge in [0.05, 0.1) is 11.6 Å². The third-order valence-electron chi connectivity index (χ3n) is 8.85. The number of nitrogens with zero attached hydrogens (tertiary/aromatic N) is 7. The first-order valence-electron chi connectivity index (χ1n) is 16.3. The lowest BCUT2D eigenvalue weighted by Gasteiger charge is -2.38. The zero-order chi connectivity index (χ0) is 34.4. The first kappa shape index (κ1) is 33.5. The number of carbonyl (C=O) groups is 2. The number of piperidine rings is 1. The zero-order valence-electron chi connectivity index (χ0n) is 27.8. The van der Waals surface area contributed by atoms with Crippen molar-refractivity contribution < 1.29 is 32.0 Å². The van der Waals surface area contributed by atoms with Crippen molar-refractivity contribution in [3.8, 4) is 0 Å². The summed E-state index contributed by atoms with van der Waals surface area (Å²) in [5.74, 6) is -4.41. The van der Waals surface area contributed by atoms with Gasteiger partial charge in [-0.3, -0.25) is 4.79 Å². The molecular formula is C33H41F3N8O4. The molecule has 0 spiro atoms. The largest absolute Gasteiger partial charge is 0.444 e. The molecule has 2 aromatic heterocycles. The number of anilines is 2. The van der Waals surface area contributed by atoms with Crippen molar-refractivity contribution in [1.29, 1.82) is 0 Å². The van der Waals surface area contributed by atoms with E-state index in [1.54, 1.807) is 37.8 Å². The minimum absolute atomic E-state index is 0.0519. The average molecular weight is 671 g/mol. The van der Waals surface area contributed by atoms with Gasteiger partial charge in [0.1, 0.15) is 11.4 Å². The Labute approximate surface area is 277 Å². The summed E-state index contributed by atoms with van der Waals surface area (Å²) in [5.41, 5.74) is 1.04. The molecule has 12 nitrogen and oxygen atoms in total. The molecule has 1 aliphatic carbocycles. The Morgan fingerprint density at radius 1 is 1.00 bits per heavy atom. The van der Waals surface area contributed by atoms with Crippen molar-refractivity contribution in [3.05, 3.63) is 58.9 Å². The molecule has 4 heterocycles. The Morgan fingerprint density at radius 2 is 1.67 bits per heavy atom. The van der Waals surface area contributed by atoms with Crippen molar-refractivity contribution >= 4 is 24.0 Å². The zero-order valence-corrected chi connectivity index (χ0v) is 27.8. The Hall–Kier alpha value is -4.43. The lowest BCUT2D eigenvalue weighted by Crippen LogP contribution is -2.48. The molecule has 3 fully saturated rings. The number of nitrogens with one attached hydrogen (secondary N) is 1. The lowest BCUT2D eigenvalue weighted by atomic mass is 9.92. The maximum absolute atomic E-state index is 15.0. The minimum Gasteiger partial charge on any atom is -0.444 e. The fraction of sp³-hybridized carbons (Fsp3) is 0.576. The van der Waals surface area contributed by atoms with Crippen molar-refractivity contribution in [1.82, 2.24) is 30.3 Å². The standard InChI is InChI=1S/C33H41F3N8O4/c1-19-6-9-25(34)23(14-19)24-17-43(18-26(24)39-31(46)47-32(2,3)4)29-37-15-20(16-38-29)27(45)44(21-7-8-21)22-10-12-42(13-11-22)30-40-28(41-48-30)33(5,35)36/h6,9,14-16,21-22,24,26H,7-8,10-13,17-18H2,1-5H3,(H,39,46). The van der Waals surface area contributed by atoms with Crippen LogP contribution in [0.1, 0.15) is 86.6 Å². The predicted octanol–water partition coefficient (Wildman–Crippen LogP) is 5.19. The van der Waals surface area contributed by atoms with E-state index in [4.69, 9.17) is 9.26 Å². The Kier molecular flexibility index (Phi) is 8.98. The number of benzene rings is 1. The summed E-state index contributed by atoms with van der Waals surface area (Å²) in [4.78, 5) is 45.0. The third kappa shape index (κ3) is 7.49. The van der Waals surface area contributed by atoms with Gasteiger partial charge in [0.25, 0.3) is 5.91 Å². The molecule has 2 atom stereocenters. The molecule has 2 aliphatic heterocycles. The van der Waals surface area contributed by atoms with E-state index in [1.807, 2.05) is 16.7 Å². The molecule has 1 N–H and O–H groups in total. The van der Waals surface area contributed by atoms with Crippen LogP contribution in [0.3, 0.4) is 0 Å². The maximum Gasteiger partial charge on any atom is 0.407 e. The van der Waals surface area contributed by atoms with Gasteiger partial charge in [-0.15, -0.1) is 0 Å². The van der Waals surface area contributed by atoms with Gasteiger partial charge in [-0.05, 0) is 65.0 Å². The Bertz CT molecular complexity index is 1630. The predicted molar refractivity (Wildman–Crippen MR) is 170 cm³/mol. The molecule has 1 saturated carbocycles. The SMILES string of the molecule is Cc1ccc(F)c(C2CN(c3ncc(C(=O)N(C4CC4)C4CCN(c5nc(C(C)(F)F)no5)CC4)cn3)CC2NC(=O)OC(C)(C)C)c1. The molecule has 1 aromatic carbocycles. The van der Waals surface area contributed by atoms with Crippen molar-refractivity contribution in [2.45, 2.75) is 95.9 Å². The second-order valence-electron chi connectivity index (χ2n) is 14.0. The molecule has 0 bridgehead atoms. The molecule has 3 aromatic rings. The number of hydrogen-bond acceptors (Lipinski definition) is 10. The van der Waals surface area contributed by atoms with E-state index in [-0.39, 0.29) is 29.8 Å². The number of halogens is 3. The molecule has 15 heteroatoms. The highest BCUT2D eigenvalue weighted by atomic mass is 19.3. The number of alkyl carbamates (subject to hydrolysis) is 1. The summed E-state index contributed by atoms with van der Waals surface area (Å²) in [6, 6.07) is 4.55. The summed E-state index contributed by atoms with van der Waals surface area (Å²) in [5, 5.41) is 6.33. The maximum atomic E-state index is 15.0. The van der Waals surface area contributed by atoms with Crippen LogP contribution >= 0.6 is 0 Å². The molecule has 3 aliphatic rings. The van der Waals surface area contributed by atoms with E-state index in [9.17, 15) is 18.4 Å². The van der Waals surface area contributed by atoms with Crippen LogP contribution < -0.4 is 15.1 Å². The molecule has 258 valence electrons. The lowest BCUT2D eigenvalue weighted by molar-refractivity contribution is 0.00557. The van der Waals surface area contributed by atoms with E-state index < -0.39 is 35.4 Å². The van der Waals surface area contributed by atoms with E-state index >= 15 is 4.39 Å². The number of alkyl halides is 2. The van der Waals surface area contributed by atoms with Crippen molar-refractivity contribution in [2.24, 2.45) is 0 Å². The van der Waals surface area contributed by atoms with Gasteiger partial charge < -0.3 is 29.3 Å². The highest BCUT2D eigenvalue weighted by Gasteiger charge is 2.41. The van der Waals surface area contributed by atoms with E-state index in [0.717, 1.165) is 25.3 Å². The summed E-state index contributed by atoms with van der Waals surface area (Å²) >= 11 is 0. The number of carbonyl (C=O) groups excluding carboxylic acids is 2. The van der Waals surface area contributed by atoms with E-state index in [0.29, 0.717) is 56.1 Å². The van der Waals surface area contributed by atoms with Gasteiger partial charge >= 0.3 is 18.0 Å². The van der Waals surface area contributed by atoms with Crippen LogP contribution in [-0.4, -0.2) is 86.9 Å². The van der Waals surface area contributed by atoms with E-state index in [2.05, 4.69) is 25.4 Å². The topological polar surface area (TPSA) is 130 Å². The van der Waals surface area contributed by atoms with Crippen molar-refractivity contribution in [3.63, 3.8) is 0 Å². The minimum atomic E-state index is -3.19. The van der Waals surface area contributed by atoms with Crippen LogP contribution in [-0.2, 0) is 10.7 Å². The van der Waals surface area contributed by atoms with Crippen LogP contribution in [0, 0.1) is 12.7 Å². The summed E-state index contributed by atoms with van der Waals surface area (Å²) in [6.07, 6.45) is 5.45. The number of hydrogen-bond donors (Lipinski definition) is 1. The second kappa shape index (κ2) is 12.9. The second-order valence-corrected chi connectivity index (χ2v) is 14.0. The average Bonchev–Trinajstić information content (AvgIpc) is 3.55. The van der Waals surface area contributed by atoms with Gasteiger partial charge in [-0.2, -0.15) is 13.8 Å². The monoisotopic (exact) mass is 670 g/mol. The molecule has 2 amide bonds. The molecule has 6 rings (SSSR count). The fourth-order valence-electron chi connectivity index (χ4n) is 6.42. The van der Waals surface area contributed by atoms with Gasteiger partial charge in [-0.25, -0.2) is 19.2 Å². The smallest absolute Gasteiger partial charge is 0.407 e. The first-order valence-corrected chi connectivity index (χ1v) is 16.3.